The maximum atomic E-state index is 13.0. The quantitative estimate of drug-likeness (QED) is 0.384. The van der Waals surface area contributed by atoms with Crippen LogP contribution in [0.3, 0.4) is 0 Å². The van der Waals surface area contributed by atoms with Crippen LogP contribution in [0, 0.1) is 0 Å². The lowest BCUT2D eigenvalue weighted by molar-refractivity contribution is -0.146. The van der Waals surface area contributed by atoms with Gasteiger partial charge in [-0.25, -0.2) is 0 Å². The van der Waals surface area contributed by atoms with Crippen molar-refractivity contribution >= 4 is 90.6 Å². The van der Waals surface area contributed by atoms with Crippen LogP contribution >= 0.6 is 58.7 Å². The number of thiol groups is 1. The summed E-state index contributed by atoms with van der Waals surface area (Å²) in [6.45, 7) is 0. The zero-order chi connectivity index (χ0) is 23.3. The van der Waals surface area contributed by atoms with Crippen molar-refractivity contribution in [3.63, 3.8) is 0 Å². The van der Waals surface area contributed by atoms with Crippen molar-refractivity contribution in [1.82, 2.24) is 10.2 Å². The molecule has 0 spiro atoms. The minimum absolute atomic E-state index is 0.0387. The Hall–Kier alpha value is -2.11. The number of hydrogen-bond acceptors (Lipinski definition) is 7. The molecule has 1 saturated heterocycles. The number of fused-ring (bicyclic) bond motifs is 2. The zero-order valence-electron chi connectivity index (χ0n) is 16.7. The second kappa shape index (κ2) is 8.92. The smallest absolute Gasteiger partial charge is 0.253 e. The monoisotopic (exact) mass is 534 g/mol. The molecule has 1 fully saturated rings. The highest BCUT2D eigenvalue weighted by atomic mass is 35.5. The van der Waals surface area contributed by atoms with Gasteiger partial charge in [0.25, 0.3) is 5.91 Å². The average Bonchev–Trinajstić information content (AvgIpc) is 3.28. The van der Waals surface area contributed by atoms with Crippen molar-refractivity contribution in [2.24, 2.45) is 0 Å². The molecule has 2 amide bonds. The lowest BCUT2D eigenvalue weighted by atomic mass is 10.0. The number of thioether (sulfide) groups is 1. The van der Waals surface area contributed by atoms with E-state index < -0.39 is 16.5 Å². The minimum Gasteiger partial charge on any atom is -0.341 e. The van der Waals surface area contributed by atoms with Crippen LogP contribution in [0.25, 0.3) is 15.0 Å². The predicted molar refractivity (Wildman–Crippen MR) is 137 cm³/mol. The highest BCUT2D eigenvalue weighted by Gasteiger charge is 2.54. The number of carbonyl (C=O) groups excluding carboxylic acids is 3. The maximum Gasteiger partial charge on any atom is 0.253 e. The molecule has 1 N–H and O–H groups in total. The largest absolute Gasteiger partial charge is 0.341 e. The molecule has 168 valence electrons. The highest BCUT2D eigenvalue weighted by molar-refractivity contribution is 8.00. The molecule has 2 atom stereocenters. The molecule has 0 bridgehead atoms. The molecule has 6 nitrogen and oxygen atoms in total. The molecule has 4 heterocycles. The van der Waals surface area contributed by atoms with E-state index in [9.17, 15) is 19.2 Å². The Labute approximate surface area is 211 Å². The fourth-order valence-corrected chi connectivity index (χ4v) is 8.07. The average molecular weight is 535 g/mol. The van der Waals surface area contributed by atoms with Gasteiger partial charge in [0, 0.05) is 16.0 Å². The van der Waals surface area contributed by atoms with Crippen LogP contribution in [0.15, 0.2) is 52.3 Å². The maximum absolute atomic E-state index is 13.0. The summed E-state index contributed by atoms with van der Waals surface area (Å²) in [6.07, 6.45) is 0.158. The molecule has 0 saturated carbocycles. The van der Waals surface area contributed by atoms with E-state index in [1.54, 1.807) is 0 Å². The first-order valence-corrected chi connectivity index (χ1v) is 13.4. The number of rotatable bonds is 5. The minimum atomic E-state index is -0.732. The second-order valence-corrected chi connectivity index (χ2v) is 11.3. The van der Waals surface area contributed by atoms with Gasteiger partial charge in [0.2, 0.25) is 16.5 Å². The summed E-state index contributed by atoms with van der Waals surface area (Å²) in [4.78, 5) is 52.5. The summed E-state index contributed by atoms with van der Waals surface area (Å²) in [7, 11) is 0. The molecule has 2 aromatic heterocycles. The number of hydrogen-bond donors (Lipinski definition) is 2. The number of benzene rings is 1. The van der Waals surface area contributed by atoms with Crippen LogP contribution < -0.4 is 10.7 Å². The lowest BCUT2D eigenvalue weighted by Gasteiger charge is -2.49. The van der Waals surface area contributed by atoms with E-state index in [0.29, 0.717) is 20.9 Å². The van der Waals surface area contributed by atoms with Gasteiger partial charge in [-0.1, -0.05) is 54.6 Å². The molecule has 2 aliphatic heterocycles. The van der Waals surface area contributed by atoms with Crippen molar-refractivity contribution in [3.8, 4) is 0 Å². The number of amides is 2. The summed E-state index contributed by atoms with van der Waals surface area (Å²) in [6, 6.07) is 10.3. The number of nitrogens with zero attached hydrogens (tertiary/aromatic N) is 1. The fourth-order valence-electron chi connectivity index (χ4n) is 3.89. The summed E-state index contributed by atoms with van der Waals surface area (Å²) >= 11 is 14.5. The standard InChI is InChI=1S/C22H15ClN2O4S4/c23-14-17(27)19-12(6-7-31-19)33-18(14)11-9-32-21-15(20(28)25(21)16(11)22(29)30)24-13(26)8-10-4-2-1-3-5-10/h1-7,15,21H,8-9H2,(H,24,26)(H,29,30)/t15?,21-/m1/s1. The molecule has 2 aliphatic rings. The Balaban J connectivity index is 1.44. The van der Waals surface area contributed by atoms with Crippen molar-refractivity contribution in [2.45, 2.75) is 17.8 Å². The van der Waals surface area contributed by atoms with Gasteiger partial charge in [-0.05, 0) is 17.0 Å². The first-order chi connectivity index (χ1) is 15.9. The van der Waals surface area contributed by atoms with Crippen LogP contribution in [0.1, 0.15) is 10.4 Å². The van der Waals surface area contributed by atoms with E-state index in [-0.39, 0.29) is 34.4 Å². The summed E-state index contributed by atoms with van der Waals surface area (Å²) in [5, 5.41) is 3.63. The Morgan fingerprint density at radius 1 is 1.18 bits per heavy atom. The third-order valence-corrected chi connectivity index (χ3v) is 9.64. The van der Waals surface area contributed by atoms with Gasteiger partial charge in [-0.2, -0.15) is 0 Å². The molecule has 11 heteroatoms. The third-order valence-electron chi connectivity index (χ3n) is 5.42. The van der Waals surface area contributed by atoms with Crippen molar-refractivity contribution in [3.05, 3.63) is 73.2 Å². The van der Waals surface area contributed by atoms with E-state index in [2.05, 4.69) is 17.9 Å². The van der Waals surface area contributed by atoms with E-state index in [1.807, 2.05) is 41.8 Å². The van der Waals surface area contributed by atoms with Gasteiger partial charge in [0.1, 0.15) is 22.1 Å². The number of halogens is 1. The van der Waals surface area contributed by atoms with Crippen molar-refractivity contribution < 1.29 is 14.4 Å². The van der Waals surface area contributed by atoms with Crippen LogP contribution in [-0.2, 0) is 20.8 Å². The summed E-state index contributed by atoms with van der Waals surface area (Å²) < 4.78 is 1.34. The Morgan fingerprint density at radius 2 is 1.94 bits per heavy atom. The van der Waals surface area contributed by atoms with Crippen LogP contribution in [0.2, 0.25) is 5.02 Å². The summed E-state index contributed by atoms with van der Waals surface area (Å²) in [5.74, 6) is -0.298. The van der Waals surface area contributed by atoms with Crippen molar-refractivity contribution in [2.75, 3.05) is 5.75 Å². The molecule has 0 radical (unpaired) electrons. The lowest BCUT2D eigenvalue weighted by Crippen LogP contribution is -2.70. The second-order valence-electron chi connectivity index (χ2n) is 7.44. The fraction of sp³-hybridized carbons (Fsp3) is 0.182. The SMILES string of the molecule is O=C(Cc1ccccc1)NC1C(=O)N2C(C(=O)S)=C(c3sc4ccsc4c(=O)c3Cl)CS[C@H]12. The van der Waals surface area contributed by atoms with E-state index in [4.69, 9.17) is 11.6 Å². The van der Waals surface area contributed by atoms with Gasteiger partial charge in [0.05, 0.1) is 16.0 Å². The Kier molecular flexibility index (Phi) is 6.13. The first kappa shape index (κ1) is 22.7. The van der Waals surface area contributed by atoms with Crippen LogP contribution in [-0.4, -0.2) is 39.0 Å². The number of carbonyl (C=O) groups is 3. The van der Waals surface area contributed by atoms with Crippen LogP contribution in [0.4, 0.5) is 0 Å². The Bertz CT molecular complexity index is 1400. The molecule has 3 aromatic rings. The van der Waals surface area contributed by atoms with Gasteiger partial charge in [-0.3, -0.25) is 24.1 Å². The molecule has 1 aromatic carbocycles. The van der Waals surface area contributed by atoms with Gasteiger partial charge >= 0.3 is 0 Å². The number of nitrogens with one attached hydrogen (secondary N) is 1. The van der Waals surface area contributed by atoms with Gasteiger partial charge < -0.3 is 5.32 Å². The molecule has 5 rings (SSSR count). The van der Waals surface area contributed by atoms with Gasteiger partial charge in [0.15, 0.2) is 0 Å². The molecule has 1 unspecified atom stereocenters. The van der Waals surface area contributed by atoms with Gasteiger partial charge in [-0.15, -0.1) is 34.4 Å². The molecular formula is C22H15ClN2O4S4. The highest BCUT2D eigenvalue weighted by Crippen LogP contribution is 2.46. The Morgan fingerprint density at radius 3 is 2.67 bits per heavy atom. The number of thiophene rings is 1. The topological polar surface area (TPSA) is 83.6 Å². The van der Waals surface area contributed by atoms with E-state index in [0.717, 1.165) is 10.3 Å². The summed E-state index contributed by atoms with van der Waals surface area (Å²) in [5.41, 5.74) is 1.19. The normalized spacial score (nSPS) is 19.9. The van der Waals surface area contributed by atoms with E-state index in [1.165, 1.54) is 39.3 Å². The molecular weight excluding hydrogens is 520 g/mol. The predicted octanol–water partition coefficient (Wildman–Crippen LogP) is 3.79. The molecule has 0 aliphatic carbocycles. The first-order valence-electron chi connectivity index (χ1n) is 9.81. The van der Waals surface area contributed by atoms with E-state index >= 15 is 0 Å². The third kappa shape index (κ3) is 3.93. The molecule has 33 heavy (non-hydrogen) atoms. The van der Waals surface area contributed by atoms with Crippen LogP contribution in [0.5, 0.6) is 0 Å². The van der Waals surface area contributed by atoms with Crippen molar-refractivity contribution in [1.29, 1.82) is 0 Å². The number of β-lactam (4-membered cyclic amide) rings is 1. The zero-order valence-corrected chi connectivity index (χ0v) is 20.8.